The average molecular weight is 327 g/mol. The summed E-state index contributed by atoms with van der Waals surface area (Å²) in [7, 11) is 0. The van der Waals surface area contributed by atoms with E-state index in [0.717, 1.165) is 43.4 Å². The first-order valence-electron chi connectivity index (χ1n) is 9.04. The lowest BCUT2D eigenvalue weighted by molar-refractivity contribution is -0.132. The fourth-order valence-corrected chi connectivity index (χ4v) is 3.74. The van der Waals surface area contributed by atoms with Crippen molar-refractivity contribution in [1.82, 2.24) is 14.5 Å². The molecule has 1 aliphatic carbocycles. The van der Waals surface area contributed by atoms with E-state index in [1.54, 1.807) is 6.20 Å². The summed E-state index contributed by atoms with van der Waals surface area (Å²) in [6.45, 7) is 3.91. The minimum absolute atomic E-state index is 0.234. The minimum Gasteiger partial charge on any atom is -0.466 e. The second-order valence-corrected chi connectivity index (χ2v) is 7.27. The molecule has 0 bridgehead atoms. The largest absolute Gasteiger partial charge is 0.466 e. The summed E-state index contributed by atoms with van der Waals surface area (Å²) in [5.74, 6) is 3.63. The zero-order chi connectivity index (χ0) is 16.5. The number of aromatic nitrogens is 2. The SMILES string of the molecule is CC1CC1c1ccc(CCC(=O)N2CCCC(n3ccnc3)C2)o1. The number of amides is 1. The molecule has 4 rings (SSSR count). The number of carbonyl (C=O) groups excluding carboxylic acids is 1. The van der Waals surface area contributed by atoms with Gasteiger partial charge in [-0.05, 0) is 37.3 Å². The van der Waals surface area contributed by atoms with Crippen LogP contribution in [0.3, 0.4) is 0 Å². The molecule has 5 heteroatoms. The lowest BCUT2D eigenvalue weighted by Crippen LogP contribution is -2.40. The fraction of sp³-hybridized carbons (Fsp3) is 0.579. The van der Waals surface area contributed by atoms with Crippen molar-refractivity contribution in [1.29, 1.82) is 0 Å². The van der Waals surface area contributed by atoms with Gasteiger partial charge in [0.1, 0.15) is 11.5 Å². The molecule has 1 amide bonds. The van der Waals surface area contributed by atoms with Crippen molar-refractivity contribution < 1.29 is 9.21 Å². The Morgan fingerprint density at radius 1 is 1.42 bits per heavy atom. The van der Waals surface area contributed by atoms with Crippen LogP contribution >= 0.6 is 0 Å². The number of aryl methyl sites for hydroxylation is 1. The molecular formula is C19H25N3O2. The normalized spacial score (nSPS) is 26.5. The number of carbonyl (C=O) groups is 1. The summed E-state index contributed by atoms with van der Waals surface area (Å²) in [6, 6.07) is 4.49. The zero-order valence-corrected chi connectivity index (χ0v) is 14.2. The first kappa shape index (κ1) is 15.5. The Kier molecular flexibility index (Phi) is 4.17. The van der Waals surface area contributed by atoms with Gasteiger partial charge in [0.05, 0.1) is 12.4 Å². The molecule has 5 nitrogen and oxygen atoms in total. The van der Waals surface area contributed by atoms with Gasteiger partial charge in [0.25, 0.3) is 0 Å². The fourth-order valence-electron chi connectivity index (χ4n) is 3.74. The summed E-state index contributed by atoms with van der Waals surface area (Å²) in [4.78, 5) is 18.7. The highest BCUT2D eigenvalue weighted by atomic mass is 16.3. The molecule has 3 unspecified atom stereocenters. The molecule has 0 radical (unpaired) electrons. The molecule has 2 aliphatic rings. The molecule has 2 aromatic rings. The molecule has 1 saturated heterocycles. The van der Waals surface area contributed by atoms with E-state index in [2.05, 4.69) is 22.5 Å². The Hall–Kier alpha value is -2.04. The van der Waals surface area contributed by atoms with Gasteiger partial charge < -0.3 is 13.9 Å². The molecule has 128 valence electrons. The van der Waals surface area contributed by atoms with Crippen LogP contribution in [0.2, 0.25) is 0 Å². The number of likely N-dealkylation sites (tertiary alicyclic amines) is 1. The maximum Gasteiger partial charge on any atom is 0.223 e. The number of hydrogen-bond acceptors (Lipinski definition) is 3. The number of piperidine rings is 1. The van der Waals surface area contributed by atoms with Gasteiger partial charge in [0.15, 0.2) is 0 Å². The molecular weight excluding hydrogens is 302 g/mol. The van der Waals surface area contributed by atoms with Crippen LogP contribution in [-0.4, -0.2) is 33.4 Å². The molecule has 2 fully saturated rings. The molecule has 0 aromatic carbocycles. The Morgan fingerprint density at radius 2 is 2.29 bits per heavy atom. The van der Waals surface area contributed by atoms with Crippen LogP contribution in [0.15, 0.2) is 35.3 Å². The van der Waals surface area contributed by atoms with Gasteiger partial charge in [0.2, 0.25) is 5.91 Å². The number of hydrogen-bond donors (Lipinski definition) is 0. The number of furan rings is 1. The third-order valence-electron chi connectivity index (χ3n) is 5.44. The van der Waals surface area contributed by atoms with Crippen molar-refractivity contribution >= 4 is 5.91 Å². The third kappa shape index (κ3) is 3.25. The summed E-state index contributed by atoms with van der Waals surface area (Å²) in [5.41, 5.74) is 0. The van der Waals surface area contributed by atoms with E-state index in [4.69, 9.17) is 4.42 Å². The molecule has 1 saturated carbocycles. The number of rotatable bonds is 5. The van der Waals surface area contributed by atoms with Gasteiger partial charge in [-0.2, -0.15) is 0 Å². The predicted molar refractivity (Wildman–Crippen MR) is 90.6 cm³/mol. The van der Waals surface area contributed by atoms with Crippen molar-refractivity contribution in [3.8, 4) is 0 Å². The van der Waals surface area contributed by atoms with Crippen molar-refractivity contribution in [2.24, 2.45) is 5.92 Å². The van der Waals surface area contributed by atoms with E-state index >= 15 is 0 Å². The third-order valence-corrected chi connectivity index (χ3v) is 5.44. The van der Waals surface area contributed by atoms with E-state index in [1.165, 1.54) is 6.42 Å². The maximum absolute atomic E-state index is 12.6. The van der Waals surface area contributed by atoms with Crippen LogP contribution in [0, 0.1) is 5.92 Å². The second-order valence-electron chi connectivity index (χ2n) is 7.27. The molecule has 3 heterocycles. The summed E-state index contributed by atoms with van der Waals surface area (Å²) >= 11 is 0. The number of imidazole rings is 1. The van der Waals surface area contributed by atoms with Crippen molar-refractivity contribution in [2.45, 2.75) is 51.0 Å². The van der Waals surface area contributed by atoms with Crippen LogP contribution in [0.5, 0.6) is 0 Å². The monoisotopic (exact) mass is 327 g/mol. The first-order chi connectivity index (χ1) is 11.7. The Labute approximate surface area is 142 Å². The van der Waals surface area contributed by atoms with Gasteiger partial charge in [-0.1, -0.05) is 6.92 Å². The van der Waals surface area contributed by atoms with Crippen LogP contribution in [0.25, 0.3) is 0 Å². The Balaban J connectivity index is 1.30. The molecule has 2 aromatic heterocycles. The van der Waals surface area contributed by atoms with Crippen LogP contribution < -0.4 is 0 Å². The first-order valence-corrected chi connectivity index (χ1v) is 9.04. The predicted octanol–water partition coefficient (Wildman–Crippen LogP) is 3.40. The van der Waals surface area contributed by atoms with Gasteiger partial charge in [-0.15, -0.1) is 0 Å². The summed E-state index contributed by atoms with van der Waals surface area (Å²) in [5, 5.41) is 0. The summed E-state index contributed by atoms with van der Waals surface area (Å²) in [6.07, 6.45) is 10.3. The average Bonchev–Trinajstić information content (AvgIpc) is 3.04. The lowest BCUT2D eigenvalue weighted by atomic mass is 10.0. The zero-order valence-electron chi connectivity index (χ0n) is 14.2. The Morgan fingerprint density at radius 3 is 3.04 bits per heavy atom. The lowest BCUT2D eigenvalue weighted by Gasteiger charge is -2.33. The topological polar surface area (TPSA) is 51.3 Å². The van der Waals surface area contributed by atoms with Crippen molar-refractivity contribution in [3.63, 3.8) is 0 Å². The Bertz CT molecular complexity index is 691. The van der Waals surface area contributed by atoms with Crippen LogP contribution in [0.1, 0.15) is 56.1 Å². The molecule has 1 aliphatic heterocycles. The molecule has 0 N–H and O–H groups in total. The van der Waals surface area contributed by atoms with Gasteiger partial charge in [-0.3, -0.25) is 4.79 Å². The molecule has 24 heavy (non-hydrogen) atoms. The van der Waals surface area contributed by atoms with Crippen molar-refractivity contribution in [2.75, 3.05) is 13.1 Å². The van der Waals surface area contributed by atoms with Gasteiger partial charge in [-0.25, -0.2) is 4.98 Å². The highest BCUT2D eigenvalue weighted by Gasteiger charge is 2.36. The summed E-state index contributed by atoms with van der Waals surface area (Å²) < 4.78 is 8.03. The van der Waals surface area contributed by atoms with E-state index in [-0.39, 0.29) is 5.91 Å². The van der Waals surface area contributed by atoms with E-state index in [1.807, 2.05) is 23.5 Å². The highest BCUT2D eigenvalue weighted by molar-refractivity contribution is 5.76. The van der Waals surface area contributed by atoms with Crippen LogP contribution in [-0.2, 0) is 11.2 Å². The van der Waals surface area contributed by atoms with Gasteiger partial charge >= 0.3 is 0 Å². The maximum atomic E-state index is 12.6. The highest BCUT2D eigenvalue weighted by Crippen LogP contribution is 2.47. The quantitative estimate of drug-likeness (QED) is 0.846. The standard InChI is InChI=1S/C19H25N3O2/c1-14-11-17(14)18-6-4-16(24-18)5-7-19(23)21-9-2-3-15(12-21)22-10-8-20-13-22/h4,6,8,10,13-15,17H,2-3,5,7,9,11-12H2,1H3. The minimum atomic E-state index is 0.234. The van der Waals surface area contributed by atoms with Crippen molar-refractivity contribution in [3.05, 3.63) is 42.4 Å². The van der Waals surface area contributed by atoms with E-state index < -0.39 is 0 Å². The molecule has 3 atom stereocenters. The second kappa shape index (κ2) is 6.46. The van der Waals surface area contributed by atoms with E-state index in [0.29, 0.717) is 24.8 Å². The van der Waals surface area contributed by atoms with Gasteiger partial charge in [0, 0.05) is 44.2 Å². The number of nitrogens with zero attached hydrogens (tertiary/aromatic N) is 3. The van der Waals surface area contributed by atoms with Crippen LogP contribution in [0.4, 0.5) is 0 Å². The van der Waals surface area contributed by atoms with E-state index in [9.17, 15) is 4.79 Å². The smallest absolute Gasteiger partial charge is 0.223 e. The molecule has 0 spiro atoms.